The molecule has 0 aliphatic carbocycles. The maximum absolute atomic E-state index is 10.2. The number of rotatable bonds is 4. The number of ether oxygens (including phenoxy) is 1. The van der Waals surface area contributed by atoms with Crippen molar-refractivity contribution in [3.8, 4) is 0 Å². The van der Waals surface area contributed by atoms with Gasteiger partial charge in [-0.25, -0.2) is 0 Å². The Kier molecular flexibility index (Phi) is 5.35. The molecular weight excluding hydrogens is 264 g/mol. The summed E-state index contributed by atoms with van der Waals surface area (Å²) in [6.07, 6.45) is 4.05. The van der Waals surface area contributed by atoms with Gasteiger partial charge >= 0.3 is 0 Å². The second-order valence-corrected chi connectivity index (χ2v) is 8.53. The van der Waals surface area contributed by atoms with E-state index in [1.165, 1.54) is 0 Å². The Balaban J connectivity index is 1.93. The van der Waals surface area contributed by atoms with Gasteiger partial charge in [-0.1, -0.05) is 0 Å². The molecule has 2 N–H and O–H groups in total. The Bertz CT molecular complexity index is 330. The first-order chi connectivity index (χ1) is 9.70. The quantitative estimate of drug-likeness (QED) is 0.833. The summed E-state index contributed by atoms with van der Waals surface area (Å²) in [6, 6.07) is 0. The maximum atomic E-state index is 10.2. The number of hydrogen-bond donors (Lipinski definition) is 2. The van der Waals surface area contributed by atoms with Crippen molar-refractivity contribution in [1.29, 1.82) is 0 Å². The molecule has 0 aromatic rings. The van der Waals surface area contributed by atoms with Crippen molar-refractivity contribution in [1.82, 2.24) is 10.2 Å². The lowest BCUT2D eigenvalue weighted by Crippen LogP contribution is -2.49. The van der Waals surface area contributed by atoms with Gasteiger partial charge in [0.25, 0.3) is 0 Å². The summed E-state index contributed by atoms with van der Waals surface area (Å²) in [4.78, 5) is 2.54. The van der Waals surface area contributed by atoms with Gasteiger partial charge in [-0.15, -0.1) is 0 Å². The molecule has 4 nitrogen and oxygen atoms in total. The first kappa shape index (κ1) is 17.2. The molecule has 4 heteroatoms. The topological polar surface area (TPSA) is 44.7 Å². The van der Waals surface area contributed by atoms with Crippen LogP contribution in [-0.4, -0.2) is 60.5 Å². The number of nitrogens with zero attached hydrogens (tertiary/aromatic N) is 1. The molecule has 0 radical (unpaired) electrons. The molecular formula is C17H34N2O2. The minimum absolute atomic E-state index is 0.151. The van der Waals surface area contributed by atoms with Crippen LogP contribution >= 0.6 is 0 Å². The van der Waals surface area contributed by atoms with Crippen molar-refractivity contribution < 1.29 is 9.84 Å². The highest BCUT2D eigenvalue weighted by molar-refractivity contribution is 4.91. The highest BCUT2D eigenvalue weighted by Crippen LogP contribution is 2.31. The molecule has 2 unspecified atom stereocenters. The molecule has 2 atom stereocenters. The zero-order valence-corrected chi connectivity index (χ0v) is 14.4. The Morgan fingerprint density at radius 1 is 1.19 bits per heavy atom. The summed E-state index contributed by atoms with van der Waals surface area (Å²) in [5.74, 6) is 0. The van der Waals surface area contributed by atoms with E-state index in [0.29, 0.717) is 0 Å². The Morgan fingerprint density at radius 2 is 1.95 bits per heavy atom. The Hall–Kier alpha value is -0.160. The number of hydrogen-bond acceptors (Lipinski definition) is 4. The standard InChI is InChI=1S/C17H34N2O2/c1-15(2,3)18-12-17(8-11-21-14-17)13-19-9-5-6-16(4,20)7-10-19/h18,20H,5-14H2,1-4H3. The molecule has 2 saturated heterocycles. The molecule has 2 rings (SSSR count). The molecule has 0 bridgehead atoms. The average Bonchev–Trinajstić information content (AvgIpc) is 2.75. The molecule has 0 spiro atoms. The highest BCUT2D eigenvalue weighted by Gasteiger charge is 2.38. The second-order valence-electron chi connectivity index (χ2n) is 8.53. The molecule has 2 aliphatic rings. The molecule has 0 aromatic carbocycles. The van der Waals surface area contributed by atoms with Gasteiger partial charge in [0.1, 0.15) is 0 Å². The highest BCUT2D eigenvalue weighted by atomic mass is 16.5. The van der Waals surface area contributed by atoms with Gasteiger partial charge in [0.2, 0.25) is 0 Å². The fraction of sp³-hybridized carbons (Fsp3) is 1.00. The van der Waals surface area contributed by atoms with Crippen LogP contribution in [0.1, 0.15) is 53.4 Å². The van der Waals surface area contributed by atoms with E-state index in [1.54, 1.807) is 0 Å². The summed E-state index contributed by atoms with van der Waals surface area (Å²) in [5, 5.41) is 13.9. The van der Waals surface area contributed by atoms with Crippen LogP contribution < -0.4 is 5.32 Å². The lowest BCUT2D eigenvalue weighted by molar-refractivity contribution is 0.0418. The van der Waals surface area contributed by atoms with Gasteiger partial charge < -0.3 is 20.1 Å². The van der Waals surface area contributed by atoms with Crippen LogP contribution in [-0.2, 0) is 4.74 Å². The summed E-state index contributed by atoms with van der Waals surface area (Å²) in [5.41, 5.74) is -0.0841. The second kappa shape index (κ2) is 6.53. The zero-order valence-electron chi connectivity index (χ0n) is 14.4. The maximum Gasteiger partial charge on any atom is 0.0632 e. The van der Waals surface area contributed by atoms with Crippen molar-refractivity contribution in [2.45, 2.75) is 64.5 Å². The van der Waals surface area contributed by atoms with E-state index in [4.69, 9.17) is 4.74 Å². The van der Waals surface area contributed by atoms with Crippen molar-refractivity contribution in [2.24, 2.45) is 5.41 Å². The molecule has 21 heavy (non-hydrogen) atoms. The fourth-order valence-corrected chi connectivity index (χ4v) is 3.37. The number of nitrogens with one attached hydrogen (secondary N) is 1. The van der Waals surface area contributed by atoms with Crippen molar-refractivity contribution in [3.63, 3.8) is 0 Å². The van der Waals surface area contributed by atoms with E-state index >= 15 is 0 Å². The summed E-state index contributed by atoms with van der Waals surface area (Å²) in [6.45, 7) is 14.6. The lowest BCUT2D eigenvalue weighted by Gasteiger charge is -2.36. The molecule has 124 valence electrons. The SMILES string of the molecule is CC1(O)CCCN(CC2(CNC(C)(C)C)CCOC2)CC1. The summed E-state index contributed by atoms with van der Waals surface area (Å²) in [7, 11) is 0. The molecule has 0 aromatic heterocycles. The molecule has 0 amide bonds. The monoisotopic (exact) mass is 298 g/mol. The predicted molar refractivity (Wildman–Crippen MR) is 86.5 cm³/mol. The van der Waals surface area contributed by atoms with Gasteiger partial charge in [-0.3, -0.25) is 0 Å². The van der Waals surface area contributed by atoms with Crippen LogP contribution in [0.2, 0.25) is 0 Å². The van der Waals surface area contributed by atoms with Crippen LogP contribution in [0.25, 0.3) is 0 Å². The lowest BCUT2D eigenvalue weighted by atomic mass is 9.85. The normalized spacial score (nSPS) is 35.9. The van der Waals surface area contributed by atoms with E-state index in [-0.39, 0.29) is 11.0 Å². The van der Waals surface area contributed by atoms with Crippen LogP contribution in [0.15, 0.2) is 0 Å². The third-order valence-electron chi connectivity index (χ3n) is 4.89. The molecule has 0 saturated carbocycles. The van der Waals surface area contributed by atoms with E-state index in [2.05, 4.69) is 31.0 Å². The summed E-state index contributed by atoms with van der Waals surface area (Å²) < 4.78 is 5.72. The van der Waals surface area contributed by atoms with Crippen LogP contribution in [0, 0.1) is 5.41 Å². The smallest absolute Gasteiger partial charge is 0.0632 e. The van der Waals surface area contributed by atoms with Crippen molar-refractivity contribution in [2.75, 3.05) is 39.4 Å². The molecule has 2 aliphatic heterocycles. The van der Waals surface area contributed by atoms with Crippen molar-refractivity contribution >= 4 is 0 Å². The van der Waals surface area contributed by atoms with Gasteiger partial charge in [0.15, 0.2) is 0 Å². The van der Waals surface area contributed by atoms with Gasteiger partial charge in [0.05, 0.1) is 12.2 Å². The van der Waals surface area contributed by atoms with Gasteiger partial charge in [-0.05, 0) is 59.9 Å². The molecule has 2 heterocycles. The van der Waals surface area contributed by atoms with Crippen LogP contribution in [0.3, 0.4) is 0 Å². The summed E-state index contributed by atoms with van der Waals surface area (Å²) >= 11 is 0. The first-order valence-corrected chi connectivity index (χ1v) is 8.47. The molecule has 2 fully saturated rings. The Morgan fingerprint density at radius 3 is 2.57 bits per heavy atom. The number of aliphatic hydroxyl groups is 1. The predicted octanol–water partition coefficient (Wildman–Crippen LogP) is 2.02. The Labute approximate surface area is 130 Å². The third-order valence-corrected chi connectivity index (χ3v) is 4.89. The van der Waals surface area contributed by atoms with Crippen LogP contribution in [0.4, 0.5) is 0 Å². The zero-order chi connectivity index (χ0) is 15.6. The van der Waals surface area contributed by atoms with Gasteiger partial charge in [0, 0.05) is 37.2 Å². The fourth-order valence-electron chi connectivity index (χ4n) is 3.37. The minimum atomic E-state index is -0.474. The minimum Gasteiger partial charge on any atom is -0.390 e. The number of likely N-dealkylation sites (tertiary alicyclic amines) is 1. The van der Waals surface area contributed by atoms with E-state index in [1.807, 2.05) is 6.92 Å². The van der Waals surface area contributed by atoms with E-state index < -0.39 is 5.60 Å². The average molecular weight is 298 g/mol. The van der Waals surface area contributed by atoms with E-state index in [0.717, 1.165) is 65.1 Å². The van der Waals surface area contributed by atoms with Gasteiger partial charge in [-0.2, -0.15) is 0 Å². The first-order valence-electron chi connectivity index (χ1n) is 8.47. The van der Waals surface area contributed by atoms with E-state index in [9.17, 15) is 5.11 Å². The van der Waals surface area contributed by atoms with Crippen molar-refractivity contribution in [3.05, 3.63) is 0 Å². The third kappa shape index (κ3) is 5.51. The van der Waals surface area contributed by atoms with Crippen LogP contribution in [0.5, 0.6) is 0 Å². The largest absolute Gasteiger partial charge is 0.390 e.